The predicted octanol–water partition coefficient (Wildman–Crippen LogP) is 5.10. The van der Waals surface area contributed by atoms with Gasteiger partial charge in [-0.25, -0.2) is 4.79 Å². The molecule has 0 saturated carbocycles. The van der Waals surface area contributed by atoms with Crippen LogP contribution in [0.3, 0.4) is 0 Å². The van der Waals surface area contributed by atoms with Gasteiger partial charge in [-0.3, -0.25) is 0 Å². The molecule has 0 aromatic heterocycles. The molecule has 0 rings (SSSR count). The molecule has 0 fully saturated rings. The molecule has 0 amide bonds. The van der Waals surface area contributed by atoms with Crippen LogP contribution >= 0.6 is 0 Å². The summed E-state index contributed by atoms with van der Waals surface area (Å²) in [4.78, 5) is 11.7. The maximum absolute atomic E-state index is 11.7. The topological polar surface area (TPSA) is 26.3 Å². The fraction of sp³-hybridized carbons (Fsp3) is 0.850. The summed E-state index contributed by atoms with van der Waals surface area (Å²) in [5, 5.41) is 0. The van der Waals surface area contributed by atoms with Gasteiger partial charge in [0.2, 0.25) is 0 Å². The summed E-state index contributed by atoms with van der Waals surface area (Å²) in [5.74, 6) is -0.0936. The maximum Gasteiger partial charge on any atom is 0.361 e. The highest BCUT2D eigenvalue weighted by Crippen LogP contribution is 2.11. The van der Waals surface area contributed by atoms with Gasteiger partial charge in [0.05, 0.1) is 27.2 Å². The largest absolute Gasteiger partial charge is 0.462 e. The molecule has 0 aliphatic carbocycles. The molecule has 0 atom stereocenters. The lowest BCUT2D eigenvalue weighted by atomic mass is 10.1. The van der Waals surface area contributed by atoms with E-state index in [0.717, 1.165) is 13.0 Å². The smallest absolute Gasteiger partial charge is 0.361 e. The molecule has 0 saturated heterocycles. The first kappa shape index (κ1) is 22.2. The summed E-state index contributed by atoms with van der Waals surface area (Å²) in [6.45, 7) is 7.76. The number of quaternary nitrogens is 1. The standard InChI is InChI=1S/C20H40NO2/c1-5-7-8-9-10-11-12-13-14-15-16-18-23-20(22)19-21(3,4)17-6-2/h6H,2,5,7-19H2,1,3-4H3/q+1. The molecule has 136 valence electrons. The Kier molecular flexibility index (Phi) is 14.2. The Morgan fingerprint density at radius 1 is 0.913 bits per heavy atom. The van der Waals surface area contributed by atoms with Crippen LogP contribution < -0.4 is 0 Å². The first-order valence-electron chi connectivity index (χ1n) is 9.60. The quantitative estimate of drug-likeness (QED) is 0.171. The molecule has 3 heteroatoms. The van der Waals surface area contributed by atoms with Crippen molar-refractivity contribution in [3.63, 3.8) is 0 Å². The van der Waals surface area contributed by atoms with Crippen molar-refractivity contribution in [2.24, 2.45) is 0 Å². The number of ether oxygens (including phenoxy) is 1. The molecule has 0 aromatic rings. The molecule has 0 aliphatic heterocycles. The first-order valence-corrected chi connectivity index (χ1v) is 9.60. The van der Waals surface area contributed by atoms with Crippen LogP contribution in [0.15, 0.2) is 12.7 Å². The summed E-state index contributed by atoms with van der Waals surface area (Å²) in [5.41, 5.74) is 0. The normalized spacial score (nSPS) is 11.4. The Bertz CT molecular complexity index is 300. The van der Waals surface area contributed by atoms with Crippen LogP contribution in [0.2, 0.25) is 0 Å². The first-order chi connectivity index (χ1) is 11.0. The Balaban J connectivity index is 3.33. The average Bonchev–Trinajstić information content (AvgIpc) is 2.47. The van der Waals surface area contributed by atoms with Crippen molar-refractivity contribution in [1.82, 2.24) is 0 Å². The summed E-state index contributed by atoms with van der Waals surface area (Å²) in [6, 6.07) is 0. The summed E-state index contributed by atoms with van der Waals surface area (Å²) >= 11 is 0. The Morgan fingerprint density at radius 3 is 1.87 bits per heavy atom. The second-order valence-electron chi connectivity index (χ2n) is 7.32. The summed E-state index contributed by atoms with van der Waals surface area (Å²) in [6.07, 6.45) is 16.3. The van der Waals surface area contributed by atoms with Crippen LogP contribution in [0, 0.1) is 0 Å². The van der Waals surface area contributed by atoms with Crippen molar-refractivity contribution in [2.45, 2.75) is 77.6 Å². The van der Waals surface area contributed by atoms with Gasteiger partial charge in [0.25, 0.3) is 0 Å². The van der Waals surface area contributed by atoms with Crippen molar-refractivity contribution in [3.8, 4) is 0 Å². The Hall–Kier alpha value is -0.830. The molecule has 0 N–H and O–H groups in total. The number of carbonyl (C=O) groups excluding carboxylic acids is 1. The van der Waals surface area contributed by atoms with Gasteiger partial charge in [0.1, 0.15) is 0 Å². The van der Waals surface area contributed by atoms with Crippen LogP contribution in [0.1, 0.15) is 77.6 Å². The number of carbonyl (C=O) groups is 1. The molecule has 23 heavy (non-hydrogen) atoms. The molecule has 0 spiro atoms. The fourth-order valence-electron chi connectivity index (χ4n) is 2.76. The zero-order valence-corrected chi connectivity index (χ0v) is 15.9. The van der Waals surface area contributed by atoms with Gasteiger partial charge < -0.3 is 9.22 Å². The minimum absolute atomic E-state index is 0.0936. The third kappa shape index (κ3) is 15.8. The number of likely N-dealkylation sites (N-methyl/N-ethyl adjacent to an activating group) is 1. The molecule has 0 unspecified atom stereocenters. The third-order valence-electron chi connectivity index (χ3n) is 4.19. The van der Waals surface area contributed by atoms with E-state index in [1.807, 2.05) is 20.2 Å². The van der Waals surface area contributed by atoms with Crippen molar-refractivity contribution < 1.29 is 14.0 Å². The van der Waals surface area contributed by atoms with E-state index in [0.29, 0.717) is 17.6 Å². The molecule has 0 heterocycles. The van der Waals surface area contributed by atoms with Crippen molar-refractivity contribution in [1.29, 1.82) is 0 Å². The van der Waals surface area contributed by atoms with E-state index in [2.05, 4.69) is 13.5 Å². The molecule has 0 radical (unpaired) electrons. The minimum atomic E-state index is -0.0936. The molecular weight excluding hydrogens is 286 g/mol. The highest BCUT2D eigenvalue weighted by molar-refractivity contribution is 5.70. The van der Waals surface area contributed by atoms with Crippen LogP contribution in [0.5, 0.6) is 0 Å². The number of nitrogens with zero attached hydrogens (tertiary/aromatic N) is 1. The monoisotopic (exact) mass is 326 g/mol. The SMILES string of the molecule is C=CC[N+](C)(C)CC(=O)OCCCCCCCCCCCCC. The predicted molar refractivity (Wildman–Crippen MR) is 99.5 cm³/mol. The number of unbranched alkanes of at least 4 members (excludes halogenated alkanes) is 10. The molecular formula is C20H40NO2+. The van der Waals surface area contributed by atoms with Gasteiger partial charge in [-0.1, -0.05) is 77.7 Å². The van der Waals surface area contributed by atoms with Crippen LogP contribution in [-0.4, -0.2) is 44.2 Å². The second-order valence-corrected chi connectivity index (χ2v) is 7.32. The summed E-state index contributed by atoms with van der Waals surface area (Å²) in [7, 11) is 4.04. The number of hydrogen-bond donors (Lipinski definition) is 0. The lowest BCUT2D eigenvalue weighted by Crippen LogP contribution is -2.44. The lowest BCUT2D eigenvalue weighted by molar-refractivity contribution is -0.877. The molecule has 0 aliphatic rings. The Morgan fingerprint density at radius 2 is 1.39 bits per heavy atom. The molecule has 0 bridgehead atoms. The van der Waals surface area contributed by atoms with Crippen molar-refractivity contribution in [2.75, 3.05) is 33.8 Å². The van der Waals surface area contributed by atoms with Crippen LogP contribution in [0.4, 0.5) is 0 Å². The second kappa shape index (κ2) is 14.7. The van der Waals surface area contributed by atoms with Gasteiger partial charge >= 0.3 is 5.97 Å². The van der Waals surface area contributed by atoms with E-state index in [9.17, 15) is 4.79 Å². The molecule has 3 nitrogen and oxygen atoms in total. The van der Waals surface area contributed by atoms with E-state index in [1.54, 1.807) is 0 Å². The number of rotatable bonds is 16. The van der Waals surface area contributed by atoms with Gasteiger partial charge in [0.15, 0.2) is 6.54 Å². The van der Waals surface area contributed by atoms with Crippen molar-refractivity contribution >= 4 is 5.97 Å². The zero-order valence-electron chi connectivity index (χ0n) is 15.9. The van der Waals surface area contributed by atoms with E-state index >= 15 is 0 Å². The third-order valence-corrected chi connectivity index (χ3v) is 4.19. The van der Waals surface area contributed by atoms with Gasteiger partial charge in [-0.15, -0.1) is 0 Å². The number of esters is 1. The highest BCUT2D eigenvalue weighted by Gasteiger charge is 2.19. The van der Waals surface area contributed by atoms with Crippen molar-refractivity contribution in [3.05, 3.63) is 12.7 Å². The fourth-order valence-corrected chi connectivity index (χ4v) is 2.76. The minimum Gasteiger partial charge on any atom is -0.462 e. The lowest BCUT2D eigenvalue weighted by Gasteiger charge is -2.26. The van der Waals surface area contributed by atoms with E-state index in [-0.39, 0.29) is 5.97 Å². The van der Waals surface area contributed by atoms with Gasteiger partial charge in [-0.2, -0.15) is 0 Å². The zero-order chi connectivity index (χ0) is 17.4. The van der Waals surface area contributed by atoms with E-state index in [1.165, 1.54) is 64.2 Å². The van der Waals surface area contributed by atoms with E-state index in [4.69, 9.17) is 4.74 Å². The van der Waals surface area contributed by atoms with Gasteiger partial charge in [0, 0.05) is 0 Å². The Labute approximate surface area is 144 Å². The van der Waals surface area contributed by atoms with Crippen LogP contribution in [-0.2, 0) is 9.53 Å². The molecule has 0 aromatic carbocycles. The highest BCUT2D eigenvalue weighted by atomic mass is 16.5. The summed E-state index contributed by atoms with van der Waals surface area (Å²) < 4.78 is 5.93. The average molecular weight is 327 g/mol. The van der Waals surface area contributed by atoms with Crippen LogP contribution in [0.25, 0.3) is 0 Å². The van der Waals surface area contributed by atoms with Gasteiger partial charge in [-0.05, 0) is 12.5 Å². The number of hydrogen-bond acceptors (Lipinski definition) is 2. The maximum atomic E-state index is 11.7. The van der Waals surface area contributed by atoms with E-state index < -0.39 is 0 Å².